The number of carbonyl (C=O) groups is 1. The van der Waals surface area contributed by atoms with Gasteiger partial charge >= 0.3 is 0 Å². The topological polar surface area (TPSA) is 32.3 Å². The Bertz CT molecular complexity index is 1090. The third-order valence-electron chi connectivity index (χ3n) is 5.59. The standard InChI is InChI=1S/C26H22N2O/c29-25(21-14-8-3-9-15-21)24-22(19-10-4-1-5-11-19)18-23(20-12-6-2-7-13-20)28-17-16-27-26(24)28/h1-15,18,22,27H,16-17H2. The summed E-state index contributed by atoms with van der Waals surface area (Å²) >= 11 is 0. The van der Waals surface area contributed by atoms with Crippen LogP contribution in [0.2, 0.25) is 0 Å². The molecule has 3 aromatic rings. The normalized spacial score (nSPS) is 18.1. The van der Waals surface area contributed by atoms with E-state index < -0.39 is 0 Å². The number of ketones is 1. The predicted octanol–water partition coefficient (Wildman–Crippen LogP) is 4.82. The summed E-state index contributed by atoms with van der Waals surface area (Å²) in [6, 6.07) is 30.3. The number of nitrogens with zero attached hydrogens (tertiary/aromatic N) is 1. The molecule has 1 unspecified atom stereocenters. The van der Waals surface area contributed by atoms with E-state index in [4.69, 9.17) is 0 Å². The Hall–Kier alpha value is -3.59. The molecule has 3 heteroatoms. The van der Waals surface area contributed by atoms with Crippen LogP contribution in [0.3, 0.4) is 0 Å². The van der Waals surface area contributed by atoms with Gasteiger partial charge in [0.25, 0.3) is 0 Å². The minimum absolute atomic E-state index is 0.0808. The minimum atomic E-state index is -0.101. The van der Waals surface area contributed by atoms with Crippen molar-refractivity contribution in [2.45, 2.75) is 5.92 Å². The molecule has 0 bridgehead atoms. The van der Waals surface area contributed by atoms with E-state index in [1.54, 1.807) is 0 Å². The van der Waals surface area contributed by atoms with Crippen LogP contribution in [-0.2, 0) is 0 Å². The number of carbonyl (C=O) groups excluding carboxylic acids is 1. The first-order chi connectivity index (χ1) is 14.3. The van der Waals surface area contributed by atoms with Crippen molar-refractivity contribution in [1.29, 1.82) is 0 Å². The van der Waals surface area contributed by atoms with Crippen LogP contribution < -0.4 is 5.32 Å². The Kier molecular flexibility index (Phi) is 4.49. The lowest BCUT2D eigenvalue weighted by Crippen LogP contribution is -2.30. The van der Waals surface area contributed by atoms with Gasteiger partial charge in [-0.3, -0.25) is 4.79 Å². The van der Waals surface area contributed by atoms with E-state index in [9.17, 15) is 4.79 Å². The number of Topliss-reactive ketones (excluding diaryl/α,β-unsaturated/α-hetero) is 1. The summed E-state index contributed by atoms with van der Waals surface area (Å²) in [5.41, 5.74) is 4.99. The lowest BCUT2D eigenvalue weighted by atomic mass is 9.82. The van der Waals surface area contributed by atoms with Crippen molar-refractivity contribution in [1.82, 2.24) is 10.2 Å². The Balaban J connectivity index is 1.69. The molecule has 0 radical (unpaired) electrons. The van der Waals surface area contributed by atoms with Gasteiger partial charge in [0.1, 0.15) is 5.82 Å². The molecule has 2 aliphatic heterocycles. The van der Waals surface area contributed by atoms with Crippen molar-refractivity contribution in [3.63, 3.8) is 0 Å². The minimum Gasteiger partial charge on any atom is -0.369 e. The van der Waals surface area contributed by atoms with Gasteiger partial charge in [0.15, 0.2) is 5.78 Å². The van der Waals surface area contributed by atoms with Crippen molar-refractivity contribution in [2.24, 2.45) is 0 Å². The second-order valence-electron chi connectivity index (χ2n) is 7.34. The molecule has 3 nitrogen and oxygen atoms in total. The molecule has 0 spiro atoms. The number of hydrogen-bond acceptors (Lipinski definition) is 3. The first-order valence-electron chi connectivity index (χ1n) is 10.0. The third kappa shape index (κ3) is 3.15. The molecule has 3 aromatic carbocycles. The number of fused-ring (bicyclic) bond motifs is 1. The quantitative estimate of drug-likeness (QED) is 0.661. The zero-order chi connectivity index (χ0) is 19.6. The Labute approximate surface area is 171 Å². The van der Waals surface area contributed by atoms with Crippen LogP contribution in [0.25, 0.3) is 5.70 Å². The maximum absolute atomic E-state index is 13.6. The van der Waals surface area contributed by atoms with Gasteiger partial charge in [-0.2, -0.15) is 0 Å². The summed E-state index contributed by atoms with van der Waals surface area (Å²) < 4.78 is 0. The molecule has 0 amide bonds. The van der Waals surface area contributed by atoms with E-state index in [2.05, 4.69) is 52.7 Å². The zero-order valence-electron chi connectivity index (χ0n) is 16.1. The van der Waals surface area contributed by atoms with Crippen LogP contribution in [0.1, 0.15) is 27.4 Å². The maximum Gasteiger partial charge on any atom is 0.193 e. The van der Waals surface area contributed by atoms with Gasteiger partial charge in [0.05, 0.1) is 5.57 Å². The third-order valence-corrected chi connectivity index (χ3v) is 5.59. The second kappa shape index (κ2) is 7.44. The maximum atomic E-state index is 13.6. The van der Waals surface area contributed by atoms with Crippen molar-refractivity contribution < 1.29 is 4.79 Å². The number of rotatable bonds is 4. The lowest BCUT2D eigenvalue weighted by molar-refractivity contribution is 0.102. The molecule has 0 aliphatic carbocycles. The first-order valence-corrected chi connectivity index (χ1v) is 10.0. The lowest BCUT2D eigenvalue weighted by Gasteiger charge is -2.33. The first kappa shape index (κ1) is 17.5. The van der Waals surface area contributed by atoms with E-state index in [0.717, 1.165) is 41.3 Å². The fraction of sp³-hybridized carbons (Fsp3) is 0.115. The molecular weight excluding hydrogens is 356 g/mol. The molecule has 5 rings (SSSR count). The van der Waals surface area contributed by atoms with Gasteiger partial charge in [-0.15, -0.1) is 0 Å². The Morgan fingerprint density at radius 3 is 2.14 bits per heavy atom. The van der Waals surface area contributed by atoms with Crippen molar-refractivity contribution in [2.75, 3.05) is 13.1 Å². The van der Waals surface area contributed by atoms with Crippen LogP contribution in [0.5, 0.6) is 0 Å². The largest absolute Gasteiger partial charge is 0.369 e. The highest BCUT2D eigenvalue weighted by atomic mass is 16.1. The van der Waals surface area contributed by atoms with Crippen molar-refractivity contribution in [3.05, 3.63) is 125 Å². The van der Waals surface area contributed by atoms with Gasteiger partial charge in [-0.05, 0) is 17.2 Å². The summed E-state index contributed by atoms with van der Waals surface area (Å²) in [6.45, 7) is 1.68. The Morgan fingerprint density at radius 1 is 0.828 bits per heavy atom. The monoisotopic (exact) mass is 378 g/mol. The number of allylic oxidation sites excluding steroid dienone is 2. The fourth-order valence-corrected chi connectivity index (χ4v) is 4.23. The average molecular weight is 378 g/mol. The highest BCUT2D eigenvalue weighted by Gasteiger charge is 2.36. The SMILES string of the molecule is O=C(C1=C2NCCN2C(c2ccccc2)=CC1c1ccccc1)c1ccccc1. The number of nitrogens with one attached hydrogen (secondary N) is 1. The zero-order valence-corrected chi connectivity index (χ0v) is 16.1. The summed E-state index contributed by atoms with van der Waals surface area (Å²) in [7, 11) is 0. The van der Waals surface area contributed by atoms with Crippen molar-refractivity contribution >= 4 is 11.5 Å². The molecule has 0 aromatic heterocycles. The number of hydrogen-bond donors (Lipinski definition) is 1. The highest BCUT2D eigenvalue weighted by molar-refractivity contribution is 6.11. The van der Waals surface area contributed by atoms with E-state index >= 15 is 0 Å². The number of benzene rings is 3. The van der Waals surface area contributed by atoms with E-state index in [1.165, 1.54) is 5.56 Å². The molecule has 0 saturated carbocycles. The molecule has 1 atom stereocenters. The summed E-state index contributed by atoms with van der Waals surface area (Å²) in [4.78, 5) is 15.9. The van der Waals surface area contributed by atoms with Gasteiger partial charge in [0, 0.05) is 30.3 Å². The van der Waals surface area contributed by atoms with E-state index in [1.807, 2.05) is 54.6 Å². The van der Waals surface area contributed by atoms with Crippen LogP contribution in [0, 0.1) is 0 Å². The molecule has 2 aliphatic rings. The van der Waals surface area contributed by atoms with Crippen LogP contribution in [0.4, 0.5) is 0 Å². The molecule has 2 heterocycles. The molecule has 1 fully saturated rings. The second-order valence-corrected chi connectivity index (χ2v) is 7.34. The molecule has 142 valence electrons. The van der Waals surface area contributed by atoms with Crippen LogP contribution >= 0.6 is 0 Å². The molecule has 1 saturated heterocycles. The van der Waals surface area contributed by atoms with Crippen LogP contribution in [-0.4, -0.2) is 23.8 Å². The van der Waals surface area contributed by atoms with Gasteiger partial charge in [-0.25, -0.2) is 0 Å². The highest BCUT2D eigenvalue weighted by Crippen LogP contribution is 2.41. The molecular formula is C26H22N2O. The predicted molar refractivity (Wildman–Crippen MR) is 116 cm³/mol. The Morgan fingerprint density at radius 2 is 1.45 bits per heavy atom. The summed E-state index contributed by atoms with van der Waals surface area (Å²) in [6.07, 6.45) is 2.25. The fourth-order valence-electron chi connectivity index (χ4n) is 4.23. The summed E-state index contributed by atoms with van der Waals surface area (Å²) in [5, 5.41) is 3.50. The average Bonchev–Trinajstić information content (AvgIpc) is 3.29. The van der Waals surface area contributed by atoms with Gasteiger partial charge < -0.3 is 10.2 Å². The van der Waals surface area contributed by atoms with Crippen LogP contribution in [0.15, 0.2) is 108 Å². The smallest absolute Gasteiger partial charge is 0.193 e. The van der Waals surface area contributed by atoms with E-state index in [0.29, 0.717) is 0 Å². The molecule has 1 N–H and O–H groups in total. The summed E-state index contributed by atoms with van der Waals surface area (Å²) in [5.74, 6) is 0.919. The van der Waals surface area contributed by atoms with Crippen molar-refractivity contribution in [3.8, 4) is 0 Å². The van der Waals surface area contributed by atoms with Gasteiger partial charge in [-0.1, -0.05) is 91.0 Å². The van der Waals surface area contributed by atoms with Gasteiger partial charge in [0.2, 0.25) is 0 Å². The molecule has 29 heavy (non-hydrogen) atoms. The van der Waals surface area contributed by atoms with E-state index in [-0.39, 0.29) is 11.7 Å².